The molecule has 5 atom stereocenters. The maximum atomic E-state index is 7.01. The third-order valence-electron chi connectivity index (χ3n) is 6.94. The summed E-state index contributed by atoms with van der Waals surface area (Å²) in [6, 6.07) is 30.8. The van der Waals surface area contributed by atoms with E-state index in [0.717, 1.165) is 16.7 Å². The molecule has 190 valence electrons. The van der Waals surface area contributed by atoms with Gasteiger partial charge in [-0.3, -0.25) is 0 Å². The lowest BCUT2D eigenvalue weighted by Gasteiger charge is -2.43. The fraction of sp³-hybridized carbons (Fsp3) is 0.400. The molecule has 0 spiro atoms. The van der Waals surface area contributed by atoms with Crippen LogP contribution < -0.4 is 0 Å². The molecule has 6 heteroatoms. The Morgan fingerprint density at radius 1 is 0.694 bits per heavy atom. The molecule has 36 heavy (non-hydrogen) atoms. The van der Waals surface area contributed by atoms with Crippen molar-refractivity contribution in [2.24, 2.45) is 0 Å². The molecule has 2 fully saturated rings. The smallest absolute Gasteiger partial charge is 0.186 e. The molecule has 2 aliphatic rings. The van der Waals surface area contributed by atoms with Gasteiger partial charge < -0.3 is 28.4 Å². The molecule has 2 aliphatic heterocycles. The number of hydrogen-bond acceptors (Lipinski definition) is 6. The van der Waals surface area contributed by atoms with E-state index in [2.05, 4.69) is 36.4 Å². The number of fused-ring (bicyclic) bond motifs is 1. The maximum Gasteiger partial charge on any atom is 0.186 e. The van der Waals surface area contributed by atoms with Crippen molar-refractivity contribution >= 4 is 0 Å². The molecule has 0 amide bonds. The summed E-state index contributed by atoms with van der Waals surface area (Å²) in [6.07, 6.45) is -2.20. The first kappa shape index (κ1) is 25.1. The van der Waals surface area contributed by atoms with Gasteiger partial charge in [0.15, 0.2) is 12.1 Å². The van der Waals surface area contributed by atoms with E-state index in [-0.39, 0.29) is 18.8 Å². The second-order valence-corrected chi connectivity index (χ2v) is 9.63. The van der Waals surface area contributed by atoms with E-state index in [1.165, 1.54) is 0 Å². The largest absolute Gasteiger partial charge is 0.373 e. The Bertz CT molecular complexity index is 1010. The van der Waals surface area contributed by atoms with Crippen LogP contribution >= 0.6 is 0 Å². The van der Waals surface area contributed by atoms with E-state index in [0.29, 0.717) is 0 Å². The highest BCUT2D eigenvalue weighted by molar-refractivity contribution is 5.47. The summed E-state index contributed by atoms with van der Waals surface area (Å²) in [6.45, 7) is 4.05. The molecule has 5 rings (SSSR count). The highest BCUT2D eigenvalue weighted by Crippen LogP contribution is 2.43. The highest BCUT2D eigenvalue weighted by atomic mass is 16.8. The van der Waals surface area contributed by atoms with Gasteiger partial charge in [-0.25, -0.2) is 0 Å². The fourth-order valence-electron chi connectivity index (χ4n) is 5.39. The molecular weight excluding hydrogens is 456 g/mol. The lowest BCUT2D eigenvalue weighted by molar-refractivity contribution is -0.284. The van der Waals surface area contributed by atoms with Crippen molar-refractivity contribution in [3.8, 4) is 0 Å². The first-order chi connectivity index (χ1) is 17.5. The van der Waals surface area contributed by atoms with Crippen molar-refractivity contribution in [3.05, 3.63) is 108 Å². The Kier molecular flexibility index (Phi) is 7.26. The van der Waals surface area contributed by atoms with Gasteiger partial charge in [-0.1, -0.05) is 91.0 Å². The Balaban J connectivity index is 1.55. The van der Waals surface area contributed by atoms with Gasteiger partial charge in [0.1, 0.15) is 30.0 Å². The van der Waals surface area contributed by atoms with Crippen LogP contribution in [0, 0.1) is 0 Å². The van der Waals surface area contributed by atoms with Crippen LogP contribution in [0.15, 0.2) is 91.0 Å². The van der Waals surface area contributed by atoms with Crippen LogP contribution in [-0.4, -0.2) is 57.3 Å². The maximum absolute atomic E-state index is 7.01. The zero-order valence-corrected chi connectivity index (χ0v) is 21.2. The number of hydrogen-bond donors (Lipinski definition) is 0. The molecule has 0 aliphatic carbocycles. The third kappa shape index (κ3) is 4.61. The zero-order valence-electron chi connectivity index (χ0n) is 21.2. The zero-order chi connectivity index (χ0) is 25.2. The average molecular weight is 491 g/mol. The summed E-state index contributed by atoms with van der Waals surface area (Å²) in [5, 5.41) is 0. The lowest BCUT2D eigenvalue weighted by Crippen LogP contribution is -2.59. The monoisotopic (exact) mass is 490 g/mol. The second-order valence-electron chi connectivity index (χ2n) is 9.63. The van der Waals surface area contributed by atoms with Crippen LogP contribution in [0.5, 0.6) is 0 Å². The van der Waals surface area contributed by atoms with E-state index in [1.807, 2.05) is 68.4 Å². The minimum absolute atomic E-state index is 0.246. The molecule has 0 aromatic heterocycles. The van der Waals surface area contributed by atoms with Crippen molar-refractivity contribution in [1.29, 1.82) is 0 Å². The van der Waals surface area contributed by atoms with E-state index < -0.39 is 29.9 Å². The first-order valence-electron chi connectivity index (χ1n) is 12.4. The van der Waals surface area contributed by atoms with Crippen molar-refractivity contribution in [2.75, 3.05) is 20.8 Å². The van der Waals surface area contributed by atoms with Crippen LogP contribution in [0.4, 0.5) is 0 Å². The highest BCUT2D eigenvalue weighted by Gasteiger charge is 2.56. The molecule has 6 nitrogen and oxygen atoms in total. The number of ether oxygens (including phenoxy) is 6. The number of benzene rings is 3. The first-order valence-corrected chi connectivity index (χ1v) is 12.4. The van der Waals surface area contributed by atoms with Crippen LogP contribution in [-0.2, 0) is 34.0 Å². The van der Waals surface area contributed by atoms with Gasteiger partial charge >= 0.3 is 0 Å². The van der Waals surface area contributed by atoms with Crippen LogP contribution in [0.25, 0.3) is 0 Å². The van der Waals surface area contributed by atoms with Crippen LogP contribution in [0.3, 0.4) is 0 Å². The summed E-state index contributed by atoms with van der Waals surface area (Å²) in [4.78, 5) is 0. The average Bonchev–Trinajstić information content (AvgIpc) is 3.25. The molecule has 0 saturated carbocycles. The minimum Gasteiger partial charge on any atom is -0.373 e. The standard InChI is InChI=1S/C30H34O6/c1-29(2)35-25-24(34-28(32-4)27(31-3)26(25)36-29)20-33-30(21-14-8-5-9-15-21,22-16-10-6-11-17-22)23-18-12-7-13-19-23/h5-19,24-28H,20H2,1-4H3. The van der Waals surface area contributed by atoms with Crippen molar-refractivity contribution in [2.45, 2.75) is 55.9 Å². The Hall–Kier alpha value is -2.58. The quantitative estimate of drug-likeness (QED) is 0.419. The summed E-state index contributed by atoms with van der Waals surface area (Å²) in [5.74, 6) is -0.772. The molecule has 2 saturated heterocycles. The Morgan fingerprint density at radius 3 is 1.61 bits per heavy atom. The van der Waals surface area contributed by atoms with Gasteiger partial charge in [0, 0.05) is 14.2 Å². The normalized spacial score (nSPS) is 27.5. The molecule has 2 heterocycles. The van der Waals surface area contributed by atoms with Gasteiger partial charge in [0.2, 0.25) is 0 Å². The lowest BCUT2D eigenvalue weighted by atomic mass is 9.80. The molecule has 3 aromatic rings. The molecular formula is C30H34O6. The molecule has 0 N–H and O–H groups in total. The van der Waals surface area contributed by atoms with Gasteiger partial charge in [-0.15, -0.1) is 0 Å². The van der Waals surface area contributed by atoms with E-state index in [9.17, 15) is 0 Å². The van der Waals surface area contributed by atoms with Crippen LogP contribution in [0.2, 0.25) is 0 Å². The fourth-order valence-corrected chi connectivity index (χ4v) is 5.39. The summed E-state index contributed by atoms with van der Waals surface area (Å²) in [7, 11) is 3.24. The molecule has 3 aromatic carbocycles. The Labute approximate surface area is 213 Å². The second kappa shape index (κ2) is 10.4. The summed E-state index contributed by atoms with van der Waals surface area (Å²) in [5.41, 5.74) is 2.21. The summed E-state index contributed by atoms with van der Waals surface area (Å²) < 4.78 is 37.3. The van der Waals surface area contributed by atoms with Crippen molar-refractivity contribution < 1.29 is 28.4 Å². The van der Waals surface area contributed by atoms with Crippen LogP contribution in [0.1, 0.15) is 30.5 Å². The molecule has 0 radical (unpaired) electrons. The van der Waals surface area contributed by atoms with Gasteiger partial charge in [-0.05, 0) is 30.5 Å². The Morgan fingerprint density at radius 2 is 1.17 bits per heavy atom. The van der Waals surface area contributed by atoms with Crippen molar-refractivity contribution in [3.63, 3.8) is 0 Å². The van der Waals surface area contributed by atoms with Gasteiger partial charge in [0.25, 0.3) is 0 Å². The van der Waals surface area contributed by atoms with Gasteiger partial charge in [-0.2, -0.15) is 0 Å². The van der Waals surface area contributed by atoms with E-state index in [1.54, 1.807) is 14.2 Å². The molecule has 5 unspecified atom stereocenters. The predicted molar refractivity (Wildman–Crippen MR) is 135 cm³/mol. The SMILES string of the molecule is COC1OC(COC(c2ccccc2)(c2ccccc2)c2ccccc2)C2OC(C)(C)OC2C1OC. The van der Waals surface area contributed by atoms with E-state index in [4.69, 9.17) is 28.4 Å². The van der Waals surface area contributed by atoms with E-state index >= 15 is 0 Å². The van der Waals surface area contributed by atoms with Gasteiger partial charge in [0.05, 0.1) is 6.61 Å². The molecule has 0 bridgehead atoms. The predicted octanol–water partition coefficient (Wildman–Crippen LogP) is 4.90. The van der Waals surface area contributed by atoms with Crippen molar-refractivity contribution in [1.82, 2.24) is 0 Å². The third-order valence-corrected chi connectivity index (χ3v) is 6.94. The number of rotatable bonds is 8. The number of methoxy groups -OCH3 is 2. The summed E-state index contributed by atoms with van der Waals surface area (Å²) >= 11 is 0. The minimum atomic E-state index is -0.863. The topological polar surface area (TPSA) is 55.4 Å².